The van der Waals surface area contributed by atoms with E-state index in [0.717, 1.165) is 47.3 Å². The van der Waals surface area contributed by atoms with Gasteiger partial charge in [-0.25, -0.2) is 0 Å². The summed E-state index contributed by atoms with van der Waals surface area (Å²) in [5.41, 5.74) is 4.53. The number of hydrogen-bond donors (Lipinski definition) is 0. The van der Waals surface area contributed by atoms with Gasteiger partial charge in [-0.1, -0.05) is 69.2 Å². The van der Waals surface area contributed by atoms with E-state index in [9.17, 15) is 0 Å². The molecule has 13 aliphatic carbocycles. The highest BCUT2D eigenvalue weighted by Crippen LogP contribution is 2.96. The van der Waals surface area contributed by atoms with Gasteiger partial charge in [0.05, 0.1) is 0 Å². The van der Waals surface area contributed by atoms with Crippen molar-refractivity contribution in [1.29, 1.82) is 0 Å². The van der Waals surface area contributed by atoms with Crippen molar-refractivity contribution in [1.82, 2.24) is 0 Å². The van der Waals surface area contributed by atoms with Gasteiger partial charge in [-0.15, -0.1) is 0 Å². The van der Waals surface area contributed by atoms with Gasteiger partial charge in [0.25, 0.3) is 0 Å². The topological polar surface area (TPSA) is 0 Å². The molecule has 0 saturated heterocycles. The normalized spacial score (nSPS) is 65.1. The third-order valence-corrected chi connectivity index (χ3v) is 21.1. The van der Waals surface area contributed by atoms with E-state index in [4.69, 9.17) is 0 Å². The second-order valence-corrected chi connectivity index (χ2v) is 21.7. The number of hydrogen-bond acceptors (Lipinski definition) is 0. The van der Waals surface area contributed by atoms with Crippen molar-refractivity contribution in [2.75, 3.05) is 0 Å². The summed E-state index contributed by atoms with van der Waals surface area (Å²) in [5.74, 6) is 7.93. The van der Waals surface area contributed by atoms with Crippen LogP contribution in [-0.2, 0) is 0 Å². The molecule has 0 amide bonds. The van der Waals surface area contributed by atoms with Gasteiger partial charge in [0.15, 0.2) is 0 Å². The molecule has 0 radical (unpaired) electrons. The van der Waals surface area contributed by atoms with E-state index in [1.165, 1.54) is 32.1 Å². The van der Waals surface area contributed by atoms with Crippen LogP contribution in [0, 0.1) is 96.1 Å². The van der Waals surface area contributed by atoms with Gasteiger partial charge in [-0.05, 0) is 186 Å². The molecular formula is C41H66. The van der Waals surface area contributed by atoms with Crippen molar-refractivity contribution in [3.8, 4) is 0 Å². The van der Waals surface area contributed by atoms with E-state index in [2.05, 4.69) is 69.2 Å². The highest BCUT2D eigenvalue weighted by atomic mass is 14.9. The highest BCUT2D eigenvalue weighted by molar-refractivity contribution is 5.37. The van der Waals surface area contributed by atoms with Crippen molar-refractivity contribution in [2.24, 2.45) is 96.1 Å². The Kier molecular flexibility index (Phi) is 4.79. The largest absolute Gasteiger partial charge is 0.0619 e. The molecule has 0 aromatic heterocycles. The van der Waals surface area contributed by atoms with Crippen molar-refractivity contribution >= 4 is 0 Å². The standard InChI is InChI=1S/C41H66/c1-25-15-31-24-41(35(31,6)7,39-20-26-16-27(21-39)18-28(17-26)22-39)38(25,10)40-23-30(34(40,4)5)12-14-37(40,9)36(8)13-11-29-19-32(36)33(29,2)3/h25-32H,11-24H2,1-10H3. The first-order valence-electron chi connectivity index (χ1n) is 19.0. The van der Waals surface area contributed by atoms with Crippen molar-refractivity contribution in [3.63, 3.8) is 0 Å². The van der Waals surface area contributed by atoms with Crippen molar-refractivity contribution in [3.05, 3.63) is 0 Å². The molecule has 10 bridgehead atoms. The minimum Gasteiger partial charge on any atom is -0.0619 e. The Morgan fingerprint density at radius 2 is 1.05 bits per heavy atom. The second-order valence-electron chi connectivity index (χ2n) is 21.7. The van der Waals surface area contributed by atoms with Crippen LogP contribution in [0.25, 0.3) is 0 Å². The van der Waals surface area contributed by atoms with Gasteiger partial charge >= 0.3 is 0 Å². The fourth-order valence-electron chi connectivity index (χ4n) is 19.6. The minimum atomic E-state index is 0.437. The fraction of sp³-hybridized carbons (Fsp3) is 1.00. The Morgan fingerprint density at radius 1 is 0.512 bits per heavy atom. The molecule has 0 spiro atoms. The Hall–Kier alpha value is 0. The molecule has 0 heterocycles. The van der Waals surface area contributed by atoms with Crippen LogP contribution in [0.1, 0.15) is 159 Å². The lowest BCUT2D eigenvalue weighted by atomic mass is 9.11. The van der Waals surface area contributed by atoms with E-state index in [0.29, 0.717) is 48.7 Å². The van der Waals surface area contributed by atoms with Crippen LogP contribution in [0.4, 0.5) is 0 Å². The molecule has 0 aliphatic heterocycles. The highest BCUT2D eigenvalue weighted by Gasteiger charge is 2.90. The zero-order chi connectivity index (χ0) is 29.0. The summed E-state index contributed by atoms with van der Waals surface area (Å²) in [6.45, 7) is 28.5. The monoisotopic (exact) mass is 559 g/mol. The summed E-state index contributed by atoms with van der Waals surface area (Å²) in [6.07, 6.45) is 21.9. The molecule has 41 heavy (non-hydrogen) atoms. The third kappa shape index (κ3) is 2.37. The maximum Gasteiger partial charge on any atom is -0.0120 e. The Morgan fingerprint density at radius 3 is 1.56 bits per heavy atom. The lowest BCUT2D eigenvalue weighted by Crippen LogP contribution is -2.87. The third-order valence-electron chi connectivity index (χ3n) is 21.1. The van der Waals surface area contributed by atoms with Crippen LogP contribution in [0.2, 0.25) is 0 Å². The molecule has 230 valence electrons. The molecule has 13 saturated carbocycles. The summed E-state index contributed by atoms with van der Waals surface area (Å²) in [7, 11) is 0. The number of rotatable bonds is 3. The van der Waals surface area contributed by atoms with Crippen LogP contribution in [-0.4, -0.2) is 0 Å². The fourth-order valence-corrected chi connectivity index (χ4v) is 19.6. The molecule has 13 aliphatic rings. The summed E-state index contributed by atoms with van der Waals surface area (Å²) >= 11 is 0. The zero-order valence-corrected chi connectivity index (χ0v) is 29.0. The lowest BCUT2D eigenvalue weighted by molar-refractivity contribution is -0.450. The maximum absolute atomic E-state index is 3.05. The Bertz CT molecular complexity index is 1150. The van der Waals surface area contributed by atoms with Gasteiger partial charge in [0, 0.05) is 0 Å². The summed E-state index contributed by atoms with van der Waals surface area (Å²) < 4.78 is 0. The Balaban J connectivity index is 1.29. The molecule has 0 nitrogen and oxygen atoms in total. The van der Waals surface area contributed by atoms with Crippen LogP contribution in [0.5, 0.6) is 0 Å². The maximum atomic E-state index is 3.05. The van der Waals surface area contributed by atoms with E-state index in [1.807, 2.05) is 0 Å². The second kappa shape index (κ2) is 7.19. The minimum absolute atomic E-state index is 0.437. The van der Waals surface area contributed by atoms with Crippen molar-refractivity contribution in [2.45, 2.75) is 159 Å². The smallest absolute Gasteiger partial charge is 0.0120 e. The molecule has 0 heteroatoms. The average Bonchev–Trinajstić information content (AvgIpc) is 2.88. The van der Waals surface area contributed by atoms with Gasteiger partial charge in [-0.2, -0.15) is 0 Å². The molecule has 13 rings (SSSR count). The summed E-state index contributed by atoms with van der Waals surface area (Å²) in [4.78, 5) is 0. The summed E-state index contributed by atoms with van der Waals surface area (Å²) in [5, 5.41) is 0. The quantitative estimate of drug-likeness (QED) is 0.323. The van der Waals surface area contributed by atoms with Crippen molar-refractivity contribution < 1.29 is 0 Å². The van der Waals surface area contributed by atoms with Gasteiger partial charge in [0.1, 0.15) is 0 Å². The lowest BCUT2D eigenvalue weighted by Gasteiger charge is -2.92. The molecule has 0 aromatic carbocycles. The van der Waals surface area contributed by atoms with Gasteiger partial charge in [-0.3, -0.25) is 0 Å². The molecular weight excluding hydrogens is 492 g/mol. The first-order chi connectivity index (χ1) is 19.0. The molecule has 10 unspecified atom stereocenters. The van der Waals surface area contributed by atoms with Gasteiger partial charge < -0.3 is 0 Å². The zero-order valence-electron chi connectivity index (χ0n) is 29.0. The first kappa shape index (κ1) is 27.3. The molecule has 13 fully saturated rings. The molecule has 0 aromatic rings. The van der Waals surface area contributed by atoms with Crippen LogP contribution in [0.3, 0.4) is 0 Å². The first-order valence-corrected chi connectivity index (χ1v) is 19.0. The van der Waals surface area contributed by atoms with E-state index >= 15 is 0 Å². The SMILES string of the molecule is CC1CC2CC(C34CC5CC(CC(C5)C3)C4)(C2(C)C)C1(C)C12CC(CCC1(C)C1(C)CCC3CC1C3(C)C)C2(C)C. The molecule has 0 N–H and O–H groups in total. The van der Waals surface area contributed by atoms with E-state index in [1.54, 1.807) is 57.8 Å². The Labute approximate surface area is 254 Å². The predicted molar refractivity (Wildman–Crippen MR) is 171 cm³/mol. The molecule has 10 atom stereocenters. The van der Waals surface area contributed by atoms with E-state index < -0.39 is 0 Å². The average molecular weight is 559 g/mol. The summed E-state index contributed by atoms with van der Waals surface area (Å²) in [6, 6.07) is 0. The van der Waals surface area contributed by atoms with Crippen LogP contribution >= 0.6 is 0 Å². The van der Waals surface area contributed by atoms with Crippen LogP contribution in [0.15, 0.2) is 0 Å². The van der Waals surface area contributed by atoms with Gasteiger partial charge in [0.2, 0.25) is 0 Å². The van der Waals surface area contributed by atoms with E-state index in [-0.39, 0.29) is 0 Å². The predicted octanol–water partition coefficient (Wildman–Crippen LogP) is 11.6. The number of fused-ring (bicyclic) bond motifs is 7. The van der Waals surface area contributed by atoms with Crippen LogP contribution < -0.4 is 0 Å².